The first kappa shape index (κ1) is 21.5. The molecular weight excluding hydrogens is 428 g/mol. The molecule has 4 aromatic rings. The lowest BCUT2D eigenvalue weighted by molar-refractivity contribution is 0.0950. The summed E-state index contributed by atoms with van der Waals surface area (Å²) in [7, 11) is 3.09. The van der Waals surface area contributed by atoms with Gasteiger partial charge in [-0.05, 0) is 35.4 Å². The third-order valence-electron chi connectivity index (χ3n) is 4.71. The molecule has 0 saturated carbocycles. The van der Waals surface area contributed by atoms with Gasteiger partial charge in [-0.15, -0.1) is 5.10 Å². The molecule has 4 rings (SSSR count). The maximum Gasteiger partial charge on any atom is 0.294 e. The summed E-state index contributed by atoms with van der Waals surface area (Å²) in [6.45, 7) is 1.95. The molecule has 0 aliphatic rings. The zero-order valence-corrected chi connectivity index (χ0v) is 18.0. The molecule has 0 bridgehead atoms. The summed E-state index contributed by atoms with van der Waals surface area (Å²) in [5.74, 6) is 0.705. The SMILES string of the molecule is COc1ccc(OC)c(/C=N\NC(=O)c2nnn(-c3nonc3N)c2-c2ccc(C)cc2)c1. The first-order valence-electron chi connectivity index (χ1n) is 9.68. The van der Waals surface area contributed by atoms with E-state index in [-0.39, 0.29) is 17.3 Å². The van der Waals surface area contributed by atoms with Gasteiger partial charge in [0.25, 0.3) is 5.91 Å². The minimum atomic E-state index is -0.593. The number of anilines is 1. The lowest BCUT2D eigenvalue weighted by Crippen LogP contribution is -2.19. The van der Waals surface area contributed by atoms with Crippen LogP contribution < -0.4 is 20.6 Å². The lowest BCUT2D eigenvalue weighted by atomic mass is 10.1. The number of nitrogens with one attached hydrogen (secondary N) is 1. The first-order chi connectivity index (χ1) is 16.0. The van der Waals surface area contributed by atoms with E-state index < -0.39 is 5.91 Å². The van der Waals surface area contributed by atoms with Crippen LogP contribution in [-0.4, -0.2) is 51.6 Å². The summed E-state index contributed by atoms with van der Waals surface area (Å²) in [6, 6.07) is 12.7. The number of hydrogen-bond donors (Lipinski definition) is 2. The van der Waals surface area contributed by atoms with Crippen LogP contribution in [0.5, 0.6) is 11.5 Å². The molecule has 0 spiro atoms. The van der Waals surface area contributed by atoms with E-state index >= 15 is 0 Å². The van der Waals surface area contributed by atoms with Crippen molar-refractivity contribution in [1.82, 2.24) is 30.7 Å². The van der Waals surface area contributed by atoms with Crippen LogP contribution in [0.3, 0.4) is 0 Å². The third-order valence-corrected chi connectivity index (χ3v) is 4.71. The number of benzene rings is 2. The van der Waals surface area contributed by atoms with E-state index in [2.05, 4.69) is 35.8 Å². The van der Waals surface area contributed by atoms with Crippen molar-refractivity contribution in [2.24, 2.45) is 5.10 Å². The molecule has 0 aliphatic carbocycles. The second-order valence-electron chi connectivity index (χ2n) is 6.84. The quantitative estimate of drug-likeness (QED) is 0.319. The Hall–Kier alpha value is -4.74. The number of rotatable bonds is 7. The smallest absolute Gasteiger partial charge is 0.294 e. The molecule has 3 N–H and O–H groups in total. The van der Waals surface area contributed by atoms with E-state index in [1.165, 1.54) is 18.0 Å². The van der Waals surface area contributed by atoms with Gasteiger partial charge in [-0.1, -0.05) is 35.0 Å². The van der Waals surface area contributed by atoms with Crippen LogP contribution in [0.25, 0.3) is 17.1 Å². The molecule has 0 fully saturated rings. The highest BCUT2D eigenvalue weighted by Crippen LogP contribution is 2.27. The Bertz CT molecular complexity index is 1310. The van der Waals surface area contributed by atoms with E-state index in [0.717, 1.165) is 5.56 Å². The summed E-state index contributed by atoms with van der Waals surface area (Å²) in [5, 5.41) is 19.4. The Morgan fingerprint density at radius 2 is 1.94 bits per heavy atom. The molecule has 2 aromatic heterocycles. The van der Waals surface area contributed by atoms with E-state index in [1.807, 2.05) is 31.2 Å². The molecule has 12 heteroatoms. The van der Waals surface area contributed by atoms with Crippen molar-refractivity contribution < 1.29 is 18.9 Å². The summed E-state index contributed by atoms with van der Waals surface area (Å²) in [5.41, 5.74) is 11.0. The van der Waals surface area contributed by atoms with Gasteiger partial charge < -0.3 is 15.2 Å². The van der Waals surface area contributed by atoms with Crippen molar-refractivity contribution in [1.29, 1.82) is 0 Å². The highest BCUT2D eigenvalue weighted by molar-refractivity contribution is 5.99. The number of aromatic nitrogens is 5. The summed E-state index contributed by atoms with van der Waals surface area (Å²) < 4.78 is 16.5. The number of hydrazone groups is 1. The number of carbonyl (C=O) groups is 1. The Balaban J connectivity index is 1.67. The number of carbonyl (C=O) groups excluding carboxylic acids is 1. The number of nitrogen functional groups attached to an aromatic ring is 1. The number of aryl methyl sites for hydroxylation is 1. The number of ether oxygens (including phenoxy) is 2. The predicted molar refractivity (Wildman–Crippen MR) is 118 cm³/mol. The van der Waals surface area contributed by atoms with Gasteiger partial charge in [0.15, 0.2) is 5.69 Å². The molecule has 0 unspecified atom stereocenters. The second kappa shape index (κ2) is 9.18. The zero-order valence-electron chi connectivity index (χ0n) is 18.0. The van der Waals surface area contributed by atoms with Crippen LogP contribution in [0.4, 0.5) is 5.82 Å². The Morgan fingerprint density at radius 3 is 2.61 bits per heavy atom. The van der Waals surface area contributed by atoms with Crippen molar-refractivity contribution in [3.8, 4) is 28.6 Å². The summed E-state index contributed by atoms with van der Waals surface area (Å²) in [4.78, 5) is 13.0. The molecule has 1 amide bonds. The van der Waals surface area contributed by atoms with Gasteiger partial charge in [0, 0.05) is 11.1 Å². The molecule has 2 heterocycles. The Labute approximate surface area is 188 Å². The topological polar surface area (TPSA) is 156 Å². The van der Waals surface area contributed by atoms with Crippen LogP contribution >= 0.6 is 0 Å². The molecule has 0 saturated heterocycles. The summed E-state index contributed by atoms with van der Waals surface area (Å²) >= 11 is 0. The average molecular weight is 448 g/mol. The maximum absolute atomic E-state index is 13.0. The van der Waals surface area contributed by atoms with Crippen molar-refractivity contribution in [3.05, 3.63) is 59.3 Å². The number of nitrogens with zero attached hydrogens (tertiary/aromatic N) is 6. The minimum Gasteiger partial charge on any atom is -0.497 e. The van der Waals surface area contributed by atoms with E-state index in [9.17, 15) is 4.79 Å². The zero-order chi connectivity index (χ0) is 23.4. The summed E-state index contributed by atoms with van der Waals surface area (Å²) in [6.07, 6.45) is 1.44. The highest BCUT2D eigenvalue weighted by atomic mass is 16.6. The van der Waals surface area contributed by atoms with Gasteiger partial charge in [0.2, 0.25) is 11.6 Å². The van der Waals surface area contributed by atoms with E-state index in [0.29, 0.717) is 28.3 Å². The molecule has 0 atom stereocenters. The van der Waals surface area contributed by atoms with Crippen molar-refractivity contribution in [2.45, 2.75) is 6.92 Å². The van der Waals surface area contributed by atoms with Crippen LogP contribution in [-0.2, 0) is 0 Å². The number of amides is 1. The largest absolute Gasteiger partial charge is 0.497 e. The Morgan fingerprint density at radius 1 is 1.15 bits per heavy atom. The number of nitrogens with two attached hydrogens (primary N) is 1. The molecule has 12 nitrogen and oxygen atoms in total. The fraction of sp³-hybridized carbons (Fsp3) is 0.143. The van der Waals surface area contributed by atoms with Gasteiger partial charge in [0.1, 0.15) is 17.2 Å². The normalized spacial score (nSPS) is 11.0. The lowest BCUT2D eigenvalue weighted by Gasteiger charge is -2.07. The molecule has 168 valence electrons. The maximum atomic E-state index is 13.0. The predicted octanol–water partition coefficient (Wildman–Crippen LogP) is 1.99. The van der Waals surface area contributed by atoms with Gasteiger partial charge in [-0.3, -0.25) is 4.79 Å². The molecular formula is C21H20N8O4. The number of hydrogen-bond acceptors (Lipinski definition) is 10. The van der Waals surface area contributed by atoms with Gasteiger partial charge in [-0.25, -0.2) is 10.1 Å². The first-order valence-corrected chi connectivity index (χ1v) is 9.68. The molecule has 0 aliphatic heterocycles. The molecule has 2 aromatic carbocycles. The molecule has 33 heavy (non-hydrogen) atoms. The minimum absolute atomic E-state index is 0.00311. The monoisotopic (exact) mass is 448 g/mol. The van der Waals surface area contributed by atoms with Crippen molar-refractivity contribution in [3.63, 3.8) is 0 Å². The fourth-order valence-corrected chi connectivity index (χ4v) is 3.05. The van der Waals surface area contributed by atoms with Gasteiger partial charge >= 0.3 is 0 Å². The van der Waals surface area contributed by atoms with E-state index in [1.54, 1.807) is 25.3 Å². The third kappa shape index (κ3) is 4.35. The van der Waals surface area contributed by atoms with Gasteiger partial charge in [0.05, 0.1) is 20.4 Å². The fourth-order valence-electron chi connectivity index (χ4n) is 3.05. The van der Waals surface area contributed by atoms with Crippen LogP contribution in [0, 0.1) is 6.92 Å². The standard InChI is InChI=1S/C21H20N8O4/c1-12-4-6-13(7-5-12)18-17(24-28-29(18)20-19(22)26-33-27-20)21(30)25-23-11-14-10-15(31-2)8-9-16(14)32-3/h4-11H,1-3H3,(H2,22,26)(H,25,30)/b23-11-. The Kier molecular flexibility index (Phi) is 5.98. The van der Waals surface area contributed by atoms with Crippen LogP contribution in [0.2, 0.25) is 0 Å². The molecule has 0 radical (unpaired) electrons. The highest BCUT2D eigenvalue weighted by Gasteiger charge is 2.25. The average Bonchev–Trinajstić information content (AvgIpc) is 3.45. The van der Waals surface area contributed by atoms with Crippen molar-refractivity contribution >= 4 is 17.9 Å². The van der Waals surface area contributed by atoms with Crippen LogP contribution in [0.1, 0.15) is 21.6 Å². The number of methoxy groups -OCH3 is 2. The van der Waals surface area contributed by atoms with Crippen LogP contribution in [0.15, 0.2) is 52.2 Å². The van der Waals surface area contributed by atoms with E-state index in [4.69, 9.17) is 15.2 Å². The van der Waals surface area contributed by atoms with Crippen molar-refractivity contribution in [2.75, 3.05) is 20.0 Å². The van der Waals surface area contributed by atoms with Gasteiger partial charge in [-0.2, -0.15) is 9.78 Å². The second-order valence-corrected chi connectivity index (χ2v) is 6.84.